The first-order valence-corrected chi connectivity index (χ1v) is 11.0. The summed E-state index contributed by atoms with van der Waals surface area (Å²) in [6, 6.07) is 1.35. The highest BCUT2D eigenvalue weighted by molar-refractivity contribution is 5.93. The third-order valence-corrected chi connectivity index (χ3v) is 7.11. The van der Waals surface area contributed by atoms with Crippen LogP contribution in [0.4, 0.5) is 4.39 Å². The quantitative estimate of drug-likeness (QED) is 0.587. The molecule has 2 unspecified atom stereocenters. The first kappa shape index (κ1) is 20.8. The summed E-state index contributed by atoms with van der Waals surface area (Å²) in [5.41, 5.74) is 13.6. The number of halogens is 1. The molecule has 166 valence electrons. The normalized spacial score (nSPS) is 23.7. The van der Waals surface area contributed by atoms with Crippen molar-refractivity contribution in [2.45, 2.75) is 45.7 Å². The van der Waals surface area contributed by atoms with Crippen LogP contribution in [0.1, 0.15) is 53.8 Å². The molecule has 5 rings (SSSR count). The van der Waals surface area contributed by atoms with E-state index >= 15 is 0 Å². The molecule has 6 nitrogen and oxygen atoms in total. The Kier molecular flexibility index (Phi) is 4.89. The third-order valence-electron chi connectivity index (χ3n) is 7.11. The fourth-order valence-electron chi connectivity index (χ4n) is 5.37. The van der Waals surface area contributed by atoms with Crippen molar-refractivity contribution in [2.24, 2.45) is 11.7 Å². The van der Waals surface area contributed by atoms with Crippen molar-refractivity contribution in [3.05, 3.63) is 57.1 Å². The Hall–Kier alpha value is -3.06. The fraction of sp³-hybridized carbons (Fsp3) is 0.400. The van der Waals surface area contributed by atoms with Crippen LogP contribution in [-0.4, -0.2) is 35.8 Å². The monoisotopic (exact) mass is 435 g/mol. The maximum atomic E-state index is 14.7. The van der Waals surface area contributed by atoms with Gasteiger partial charge >= 0.3 is 5.97 Å². The summed E-state index contributed by atoms with van der Waals surface area (Å²) in [7, 11) is 1.95. The molecule has 0 radical (unpaired) electrons. The summed E-state index contributed by atoms with van der Waals surface area (Å²) in [5, 5.41) is 0.983. The Morgan fingerprint density at radius 2 is 2.16 bits per heavy atom. The number of aryl methyl sites for hydroxylation is 1. The number of pyridine rings is 1. The maximum Gasteiger partial charge on any atom is 0.313 e. The summed E-state index contributed by atoms with van der Waals surface area (Å²) in [6.07, 6.45) is 4.67. The Morgan fingerprint density at radius 3 is 2.88 bits per heavy atom. The molecule has 2 N–H and O–H groups in total. The second-order valence-electron chi connectivity index (χ2n) is 8.91. The van der Waals surface area contributed by atoms with E-state index in [1.807, 2.05) is 27.0 Å². The van der Waals surface area contributed by atoms with Crippen LogP contribution in [0.5, 0.6) is 0 Å². The smallest absolute Gasteiger partial charge is 0.313 e. The Labute approximate surface area is 185 Å². The lowest BCUT2D eigenvalue weighted by atomic mass is 9.82. The number of ether oxygens (including phenoxy) is 1. The number of hydrogen-bond acceptors (Lipinski definition) is 6. The van der Waals surface area contributed by atoms with Crippen molar-refractivity contribution in [3.8, 4) is 0 Å². The van der Waals surface area contributed by atoms with Crippen molar-refractivity contribution >= 4 is 28.9 Å². The highest BCUT2D eigenvalue weighted by Crippen LogP contribution is 2.44. The molecule has 3 heterocycles. The highest BCUT2D eigenvalue weighted by Gasteiger charge is 2.35. The van der Waals surface area contributed by atoms with Crippen molar-refractivity contribution in [1.82, 2.24) is 9.88 Å². The number of nitrogens with zero attached hydrogens (tertiary/aromatic N) is 2. The zero-order chi connectivity index (χ0) is 22.7. The van der Waals surface area contributed by atoms with Gasteiger partial charge in [0.1, 0.15) is 18.7 Å². The number of esters is 1. The zero-order valence-corrected chi connectivity index (χ0v) is 18.5. The van der Waals surface area contributed by atoms with E-state index in [1.54, 1.807) is 0 Å². The number of hydrogen-bond donors (Lipinski definition) is 1. The molecule has 0 saturated carbocycles. The molecule has 7 heteroatoms. The average Bonchev–Trinajstić information content (AvgIpc) is 3.08. The number of carbonyl (C=O) groups excluding carboxylic acids is 2. The first-order chi connectivity index (χ1) is 15.3. The summed E-state index contributed by atoms with van der Waals surface area (Å²) >= 11 is 0. The minimum atomic E-state index is -0.498. The largest absolute Gasteiger partial charge is 0.460 e. The number of rotatable bonds is 3. The topological polar surface area (TPSA) is 85.5 Å². The number of fused-ring (bicyclic) bond motifs is 2. The number of aldehydes is 1. The first-order valence-electron chi connectivity index (χ1n) is 11.0. The second kappa shape index (κ2) is 7.52. The lowest BCUT2D eigenvalue weighted by Gasteiger charge is -2.26. The molecule has 0 amide bonds. The second-order valence-corrected chi connectivity index (χ2v) is 8.91. The molecule has 0 bridgehead atoms. The molecule has 3 aliphatic rings. The van der Waals surface area contributed by atoms with E-state index in [0.717, 1.165) is 52.6 Å². The van der Waals surface area contributed by atoms with E-state index in [1.165, 1.54) is 6.07 Å². The van der Waals surface area contributed by atoms with Gasteiger partial charge in [0, 0.05) is 42.2 Å². The minimum absolute atomic E-state index is 0.0242. The molecule has 0 fully saturated rings. The van der Waals surface area contributed by atoms with Crippen LogP contribution in [0.15, 0.2) is 23.3 Å². The van der Waals surface area contributed by atoms with Gasteiger partial charge in [-0.15, -0.1) is 0 Å². The molecular weight excluding hydrogens is 409 g/mol. The lowest BCUT2D eigenvalue weighted by molar-refractivity contribution is -0.147. The number of allylic oxidation sites excluding steroid dienone is 1. The number of carbonyl (C=O) groups is 2. The van der Waals surface area contributed by atoms with Crippen molar-refractivity contribution in [1.29, 1.82) is 0 Å². The molecule has 32 heavy (non-hydrogen) atoms. The maximum absolute atomic E-state index is 14.7. The van der Waals surface area contributed by atoms with Crippen LogP contribution in [0.2, 0.25) is 0 Å². The van der Waals surface area contributed by atoms with Crippen LogP contribution in [0.25, 0.3) is 16.6 Å². The summed E-state index contributed by atoms with van der Waals surface area (Å²) in [4.78, 5) is 31.0. The van der Waals surface area contributed by atoms with Crippen LogP contribution < -0.4 is 5.73 Å². The molecule has 1 aliphatic carbocycles. The number of nitrogens with two attached hydrogens (primary N) is 1. The van der Waals surface area contributed by atoms with Crippen molar-refractivity contribution in [2.75, 3.05) is 13.7 Å². The van der Waals surface area contributed by atoms with Crippen molar-refractivity contribution < 1.29 is 18.7 Å². The SMILES string of the molecule is CCC1C(=O)OCC(C=O)=C1/C=C1/c2nc3cc(F)c(C)c4c3c(c2CN1C)C(N)CC4. The molecule has 2 atom stereocenters. The molecule has 1 aromatic heterocycles. The van der Waals surface area contributed by atoms with Gasteiger partial charge in [-0.25, -0.2) is 9.37 Å². The predicted molar refractivity (Wildman–Crippen MR) is 119 cm³/mol. The van der Waals surface area contributed by atoms with Crippen LogP contribution in [-0.2, 0) is 27.3 Å². The Bertz CT molecular complexity index is 1250. The van der Waals surface area contributed by atoms with Gasteiger partial charge in [0.2, 0.25) is 0 Å². The molecular formula is C25H26FN3O3. The van der Waals surface area contributed by atoms with Gasteiger partial charge in [0.15, 0.2) is 0 Å². The highest BCUT2D eigenvalue weighted by atomic mass is 19.1. The number of cyclic esters (lactones) is 1. The van der Waals surface area contributed by atoms with E-state index in [2.05, 4.69) is 4.90 Å². The van der Waals surface area contributed by atoms with Gasteiger partial charge in [-0.1, -0.05) is 6.92 Å². The molecule has 2 aliphatic heterocycles. The molecule has 0 saturated heterocycles. The van der Waals surface area contributed by atoms with Gasteiger partial charge in [0.05, 0.1) is 22.8 Å². The summed E-state index contributed by atoms with van der Waals surface area (Å²) < 4.78 is 19.9. The van der Waals surface area contributed by atoms with Crippen molar-refractivity contribution in [3.63, 3.8) is 0 Å². The lowest BCUT2D eigenvalue weighted by Crippen LogP contribution is -2.27. The standard InChI is InChI=1S/C25H26FN3O3/c1-4-14-16(13(10-30)11-32-25(14)31)7-21-24-17(9-29(21)3)22-19(27)6-5-15-12(2)18(26)8-20(28-24)23(15)22/h7-8,10,14,19H,4-6,9,11,27H2,1-3H3/b21-7-. The molecule has 2 aromatic rings. The third kappa shape index (κ3) is 2.91. The fourth-order valence-corrected chi connectivity index (χ4v) is 5.37. The van der Waals surface area contributed by atoms with Gasteiger partial charge in [-0.2, -0.15) is 0 Å². The van der Waals surface area contributed by atoms with Gasteiger partial charge in [-0.05, 0) is 54.5 Å². The average molecular weight is 435 g/mol. The van der Waals surface area contributed by atoms with Gasteiger partial charge in [0.25, 0.3) is 0 Å². The van der Waals surface area contributed by atoms with Gasteiger partial charge in [-0.3, -0.25) is 9.59 Å². The van der Waals surface area contributed by atoms with Crippen LogP contribution >= 0.6 is 0 Å². The van der Waals surface area contributed by atoms with E-state index in [-0.39, 0.29) is 24.4 Å². The number of aromatic nitrogens is 1. The number of benzene rings is 1. The molecule has 1 aromatic carbocycles. The Balaban J connectivity index is 1.78. The minimum Gasteiger partial charge on any atom is -0.460 e. The van der Waals surface area contributed by atoms with E-state index in [9.17, 15) is 14.0 Å². The van der Waals surface area contributed by atoms with E-state index < -0.39 is 5.92 Å². The predicted octanol–water partition coefficient (Wildman–Crippen LogP) is 3.49. The van der Waals surface area contributed by atoms with E-state index in [4.69, 9.17) is 15.5 Å². The van der Waals surface area contributed by atoms with Gasteiger partial charge < -0.3 is 15.4 Å². The molecule has 0 spiro atoms. The Morgan fingerprint density at radius 1 is 1.38 bits per heavy atom. The summed E-state index contributed by atoms with van der Waals surface area (Å²) in [5.74, 6) is -1.08. The van der Waals surface area contributed by atoms with Crippen LogP contribution in [0.3, 0.4) is 0 Å². The summed E-state index contributed by atoms with van der Waals surface area (Å²) in [6.45, 7) is 4.31. The van der Waals surface area contributed by atoms with E-state index in [0.29, 0.717) is 35.2 Å². The van der Waals surface area contributed by atoms with Crippen LogP contribution in [0, 0.1) is 18.7 Å². The zero-order valence-electron chi connectivity index (χ0n) is 18.5.